The van der Waals surface area contributed by atoms with Crippen LogP contribution in [0, 0.1) is 16.7 Å². The lowest BCUT2D eigenvalue weighted by molar-refractivity contribution is -0.141. The second-order valence-corrected chi connectivity index (χ2v) is 13.3. The summed E-state index contributed by atoms with van der Waals surface area (Å²) in [6, 6.07) is 4.37. The van der Waals surface area contributed by atoms with Crippen LogP contribution in [0.15, 0.2) is 72.0 Å². The van der Waals surface area contributed by atoms with Crippen molar-refractivity contribution in [3.05, 3.63) is 77.6 Å². The van der Waals surface area contributed by atoms with E-state index in [1.807, 2.05) is 34.6 Å². The van der Waals surface area contributed by atoms with Crippen molar-refractivity contribution in [3.63, 3.8) is 0 Å². The minimum absolute atomic E-state index is 0.0414. The highest BCUT2D eigenvalue weighted by Gasteiger charge is 2.41. The Bertz CT molecular complexity index is 1350. The predicted molar refractivity (Wildman–Crippen MR) is 182 cm³/mol. The lowest BCUT2D eigenvalue weighted by atomic mass is 9.76. The number of carboxylic acids is 1. The monoisotopic (exact) mass is 639 g/mol. The van der Waals surface area contributed by atoms with Crippen molar-refractivity contribution in [1.82, 2.24) is 15.5 Å². The fraction of sp³-hybridized carbons (Fsp3) is 0.486. The van der Waals surface area contributed by atoms with Crippen LogP contribution in [0.2, 0.25) is 0 Å². The molecule has 0 aliphatic rings. The number of nitrogens with zero attached hydrogens (tertiary/aromatic N) is 1. The first-order valence-corrected chi connectivity index (χ1v) is 15.2. The van der Waals surface area contributed by atoms with Crippen LogP contribution in [0.4, 0.5) is 10.5 Å². The standard InChI is InChI=1S/C35H53N5O6/c1-12-24(19-26(13-2)38-33(45)46-20-23-14-16-25(36)17-15-23)35(9,10)28(37)30(41)39-29(34(6,7)8)31(42)40(11)27(21(3)4)18-22(5)32(43)44/h12-19,21,27-29H,2,20,36-37H2,1,3-11H3,(H,38,45)(H,39,41)(H,43,44)/b22-18+,24-12+,26-19+/t27-,28-,29?/m1/s1. The van der Waals surface area contributed by atoms with Crippen molar-refractivity contribution in [2.45, 2.75) is 87.0 Å². The SMILES string of the molecule is C=C/C(=C\C(=C/C)C(C)(C)[C@H](N)C(=O)NC(C(=O)N(C)[C@H](/C=C(\C)C(=O)O)C(C)C)C(C)(C)C)NC(=O)OCc1ccc(N)cc1. The Hall–Kier alpha value is -4.38. The number of amides is 3. The molecule has 46 heavy (non-hydrogen) atoms. The van der Waals surface area contributed by atoms with E-state index < -0.39 is 46.9 Å². The van der Waals surface area contributed by atoms with Crippen LogP contribution in [0.3, 0.4) is 0 Å². The number of carbonyl (C=O) groups is 4. The number of anilines is 1. The van der Waals surface area contributed by atoms with Crippen LogP contribution in [0.5, 0.6) is 0 Å². The summed E-state index contributed by atoms with van der Waals surface area (Å²) < 4.78 is 5.31. The van der Waals surface area contributed by atoms with E-state index in [-0.39, 0.29) is 24.0 Å². The van der Waals surface area contributed by atoms with Crippen LogP contribution in [0.1, 0.15) is 67.9 Å². The number of aliphatic carboxylic acids is 1. The highest BCUT2D eigenvalue weighted by molar-refractivity contribution is 5.91. The van der Waals surface area contributed by atoms with Crippen molar-refractivity contribution < 1.29 is 29.0 Å². The minimum Gasteiger partial charge on any atom is -0.478 e. The number of hydrogen-bond acceptors (Lipinski definition) is 7. The molecule has 0 aromatic heterocycles. The highest BCUT2D eigenvalue weighted by atomic mass is 16.5. The summed E-state index contributed by atoms with van der Waals surface area (Å²) in [5.41, 5.74) is 13.1. The fourth-order valence-electron chi connectivity index (χ4n) is 4.69. The van der Waals surface area contributed by atoms with E-state index in [1.54, 1.807) is 70.3 Å². The van der Waals surface area contributed by atoms with E-state index in [1.165, 1.54) is 17.9 Å². The van der Waals surface area contributed by atoms with E-state index in [9.17, 15) is 24.3 Å². The molecule has 7 N–H and O–H groups in total. The van der Waals surface area contributed by atoms with Crippen LogP contribution >= 0.6 is 0 Å². The number of likely N-dealkylation sites (N-methyl/N-ethyl adjacent to an activating group) is 1. The summed E-state index contributed by atoms with van der Waals surface area (Å²) in [6.07, 6.45) is 5.75. The first-order chi connectivity index (χ1) is 21.2. The number of nitrogen functional groups attached to an aromatic ring is 1. The molecule has 254 valence electrons. The molecule has 0 bridgehead atoms. The van der Waals surface area contributed by atoms with E-state index >= 15 is 0 Å². The minimum atomic E-state index is -1.10. The van der Waals surface area contributed by atoms with E-state index in [0.29, 0.717) is 17.0 Å². The maximum Gasteiger partial charge on any atom is 0.411 e. The second kappa shape index (κ2) is 16.8. The molecular weight excluding hydrogens is 586 g/mol. The third-order valence-corrected chi connectivity index (χ3v) is 7.88. The maximum atomic E-state index is 13.8. The molecule has 0 heterocycles. The van der Waals surface area contributed by atoms with Gasteiger partial charge >= 0.3 is 12.1 Å². The smallest absolute Gasteiger partial charge is 0.411 e. The van der Waals surface area contributed by atoms with Crippen LogP contribution in [-0.2, 0) is 25.7 Å². The van der Waals surface area contributed by atoms with Gasteiger partial charge < -0.3 is 31.5 Å². The van der Waals surface area contributed by atoms with E-state index in [0.717, 1.165) is 5.56 Å². The Morgan fingerprint density at radius 2 is 1.65 bits per heavy atom. The Kier molecular flexibility index (Phi) is 14.5. The third-order valence-electron chi connectivity index (χ3n) is 7.88. The number of carboxylic acid groups (broad SMARTS) is 1. The Labute approximate surface area is 273 Å². The molecule has 0 saturated carbocycles. The maximum absolute atomic E-state index is 13.8. The molecular formula is C35H53N5O6. The number of rotatable bonds is 14. The summed E-state index contributed by atoms with van der Waals surface area (Å²) in [5.74, 6) is -2.08. The lowest BCUT2D eigenvalue weighted by Gasteiger charge is -2.39. The van der Waals surface area contributed by atoms with E-state index in [2.05, 4.69) is 17.2 Å². The number of allylic oxidation sites excluding steroid dienone is 3. The van der Waals surface area contributed by atoms with Gasteiger partial charge in [-0.2, -0.15) is 0 Å². The van der Waals surface area contributed by atoms with E-state index in [4.69, 9.17) is 16.2 Å². The summed E-state index contributed by atoms with van der Waals surface area (Å²) in [4.78, 5) is 53.0. The summed E-state index contributed by atoms with van der Waals surface area (Å²) in [5, 5.41) is 14.9. The molecule has 0 fully saturated rings. The normalized spacial score (nSPS) is 15.0. The van der Waals surface area contributed by atoms with Gasteiger partial charge in [-0.3, -0.25) is 14.9 Å². The molecule has 0 saturated heterocycles. The topological polar surface area (TPSA) is 177 Å². The van der Waals surface area contributed by atoms with Crippen LogP contribution < -0.4 is 22.1 Å². The van der Waals surface area contributed by atoms with Crippen molar-refractivity contribution in [2.75, 3.05) is 12.8 Å². The van der Waals surface area contributed by atoms with Crippen molar-refractivity contribution in [2.24, 2.45) is 22.5 Å². The average Bonchev–Trinajstić information content (AvgIpc) is 2.97. The van der Waals surface area contributed by atoms with Gasteiger partial charge in [0.05, 0.1) is 12.1 Å². The lowest BCUT2D eigenvalue weighted by Crippen LogP contribution is -2.60. The molecule has 1 aromatic carbocycles. The first kappa shape index (κ1) is 39.6. The average molecular weight is 640 g/mol. The number of carbonyl (C=O) groups excluding carboxylic acids is 3. The highest BCUT2D eigenvalue weighted by Crippen LogP contribution is 2.32. The molecule has 3 atom stereocenters. The Morgan fingerprint density at radius 3 is 2.11 bits per heavy atom. The molecule has 0 aliphatic heterocycles. The quantitative estimate of drug-likeness (QED) is 0.108. The number of ether oxygens (including phenoxy) is 1. The van der Waals surface area contributed by atoms with Gasteiger partial charge in [0, 0.05) is 29.4 Å². The van der Waals surface area contributed by atoms with Crippen LogP contribution in [-0.4, -0.2) is 59.1 Å². The van der Waals surface area contributed by atoms with Crippen molar-refractivity contribution in [3.8, 4) is 0 Å². The summed E-state index contributed by atoms with van der Waals surface area (Å²) >= 11 is 0. The number of nitrogens with one attached hydrogen (secondary N) is 2. The second-order valence-electron chi connectivity index (χ2n) is 13.3. The van der Waals surface area contributed by atoms with Gasteiger partial charge in [0.25, 0.3) is 0 Å². The zero-order valence-electron chi connectivity index (χ0n) is 28.9. The molecule has 1 aromatic rings. The summed E-state index contributed by atoms with van der Waals surface area (Å²) in [6.45, 7) is 19.9. The number of alkyl carbamates (subject to hydrolysis) is 1. The van der Waals surface area contributed by atoms with Crippen molar-refractivity contribution >= 4 is 29.6 Å². The molecule has 0 radical (unpaired) electrons. The van der Waals surface area contributed by atoms with Gasteiger partial charge in [0.2, 0.25) is 11.8 Å². The zero-order valence-corrected chi connectivity index (χ0v) is 28.9. The number of hydrogen-bond donors (Lipinski definition) is 5. The van der Waals surface area contributed by atoms with Gasteiger partial charge in [0.15, 0.2) is 0 Å². The first-order valence-electron chi connectivity index (χ1n) is 15.2. The molecule has 0 spiro atoms. The molecule has 1 unspecified atom stereocenters. The zero-order chi connectivity index (χ0) is 35.6. The molecule has 11 nitrogen and oxygen atoms in total. The molecule has 0 aliphatic carbocycles. The van der Waals surface area contributed by atoms with Crippen LogP contribution in [0.25, 0.3) is 0 Å². The molecule has 1 rings (SSSR count). The van der Waals surface area contributed by atoms with Gasteiger partial charge in [-0.05, 0) is 60.6 Å². The molecule has 3 amide bonds. The Balaban J connectivity index is 3.19. The van der Waals surface area contributed by atoms with Gasteiger partial charge in [-0.15, -0.1) is 0 Å². The Morgan fingerprint density at radius 1 is 1.09 bits per heavy atom. The van der Waals surface area contributed by atoms with Gasteiger partial charge in [0.1, 0.15) is 12.6 Å². The third kappa shape index (κ3) is 11.2. The van der Waals surface area contributed by atoms with Gasteiger partial charge in [-0.1, -0.05) is 79.3 Å². The van der Waals surface area contributed by atoms with Crippen molar-refractivity contribution in [1.29, 1.82) is 0 Å². The number of benzene rings is 1. The van der Waals surface area contributed by atoms with Gasteiger partial charge in [-0.25, -0.2) is 9.59 Å². The fourth-order valence-corrected chi connectivity index (χ4v) is 4.69. The summed E-state index contributed by atoms with van der Waals surface area (Å²) in [7, 11) is 1.60. The number of nitrogens with two attached hydrogens (primary N) is 2. The predicted octanol–water partition coefficient (Wildman–Crippen LogP) is 4.91. The largest absolute Gasteiger partial charge is 0.478 e. The molecule has 11 heteroatoms.